The summed E-state index contributed by atoms with van der Waals surface area (Å²) in [6, 6.07) is 2.42. The molecule has 0 bridgehead atoms. The number of aromatic nitrogens is 1. The molecule has 3 N–H and O–H groups in total. The zero-order valence-electron chi connectivity index (χ0n) is 11.5. The van der Waals surface area contributed by atoms with E-state index < -0.39 is 6.03 Å². The molecule has 1 unspecified atom stereocenters. The van der Waals surface area contributed by atoms with E-state index >= 15 is 0 Å². The molecule has 0 aliphatic heterocycles. The summed E-state index contributed by atoms with van der Waals surface area (Å²) in [7, 11) is 1.61. The van der Waals surface area contributed by atoms with Gasteiger partial charge in [-0.3, -0.25) is 4.79 Å². The second-order valence-corrected chi connectivity index (χ2v) is 4.95. The minimum Gasteiger partial charge on any atom is -0.394 e. The molecule has 0 saturated carbocycles. The van der Waals surface area contributed by atoms with Crippen molar-refractivity contribution in [2.45, 2.75) is 26.3 Å². The van der Waals surface area contributed by atoms with E-state index in [4.69, 9.17) is 0 Å². The zero-order chi connectivity index (χ0) is 14.4. The summed E-state index contributed by atoms with van der Waals surface area (Å²) in [5, 5.41) is 14.3. The minimum absolute atomic E-state index is 0.127. The number of nitrogens with zero attached hydrogens (tertiary/aromatic N) is 1. The Hall–Kier alpha value is -1.82. The van der Waals surface area contributed by atoms with Gasteiger partial charge in [-0.25, -0.2) is 4.79 Å². The number of aliphatic hydroxyl groups excluding tert-OH is 1. The van der Waals surface area contributed by atoms with Gasteiger partial charge in [0.15, 0.2) is 0 Å². The highest BCUT2D eigenvalue weighted by atomic mass is 16.3. The summed E-state index contributed by atoms with van der Waals surface area (Å²) in [5.41, 5.74) is -0.0641. The molecule has 0 aromatic carbocycles. The molecule has 2 amide bonds. The van der Waals surface area contributed by atoms with E-state index in [-0.39, 0.29) is 23.9 Å². The van der Waals surface area contributed by atoms with Crippen molar-refractivity contribution in [3.63, 3.8) is 0 Å². The molecule has 6 nitrogen and oxygen atoms in total. The van der Waals surface area contributed by atoms with Gasteiger partial charge in [-0.15, -0.1) is 0 Å². The summed E-state index contributed by atoms with van der Waals surface area (Å²) < 4.78 is 1.38. The second-order valence-electron chi connectivity index (χ2n) is 4.95. The molecule has 0 aliphatic carbocycles. The molecular formula is C13H21N3O3. The van der Waals surface area contributed by atoms with Gasteiger partial charge in [0.05, 0.1) is 12.6 Å². The average molecular weight is 267 g/mol. The number of anilines is 1. The molecule has 0 spiro atoms. The Bertz CT molecular complexity index is 482. The van der Waals surface area contributed by atoms with Crippen LogP contribution < -0.4 is 16.2 Å². The SMILES string of the molecule is CC(C)CC(CO)NC(=O)Nc1cccn(C)c1=O. The number of aryl methyl sites for hydroxylation is 1. The Morgan fingerprint density at radius 1 is 1.47 bits per heavy atom. The van der Waals surface area contributed by atoms with Gasteiger partial charge < -0.3 is 20.3 Å². The Morgan fingerprint density at radius 3 is 2.74 bits per heavy atom. The molecule has 0 fully saturated rings. The van der Waals surface area contributed by atoms with Crippen LogP contribution in [0.25, 0.3) is 0 Å². The van der Waals surface area contributed by atoms with E-state index in [0.29, 0.717) is 12.3 Å². The highest BCUT2D eigenvalue weighted by Gasteiger charge is 2.13. The maximum absolute atomic E-state index is 11.7. The van der Waals surface area contributed by atoms with Gasteiger partial charge in [-0.2, -0.15) is 0 Å². The van der Waals surface area contributed by atoms with Crippen molar-refractivity contribution in [3.05, 3.63) is 28.7 Å². The first-order valence-corrected chi connectivity index (χ1v) is 6.28. The smallest absolute Gasteiger partial charge is 0.319 e. The van der Waals surface area contributed by atoms with Crippen LogP contribution in [0.1, 0.15) is 20.3 Å². The number of rotatable bonds is 5. The predicted octanol–water partition coefficient (Wildman–Crippen LogP) is 0.914. The average Bonchev–Trinajstić information content (AvgIpc) is 2.33. The van der Waals surface area contributed by atoms with Gasteiger partial charge in [0.25, 0.3) is 5.56 Å². The van der Waals surface area contributed by atoms with Crippen LogP contribution in [0.2, 0.25) is 0 Å². The quantitative estimate of drug-likeness (QED) is 0.741. The van der Waals surface area contributed by atoms with Gasteiger partial charge in [-0.05, 0) is 24.5 Å². The fourth-order valence-corrected chi connectivity index (χ4v) is 1.78. The van der Waals surface area contributed by atoms with E-state index in [9.17, 15) is 14.7 Å². The fraction of sp³-hybridized carbons (Fsp3) is 0.538. The van der Waals surface area contributed by atoms with Gasteiger partial charge in [0.1, 0.15) is 5.69 Å². The molecule has 1 atom stereocenters. The van der Waals surface area contributed by atoms with Crippen LogP contribution in [0.15, 0.2) is 23.1 Å². The van der Waals surface area contributed by atoms with E-state index in [2.05, 4.69) is 10.6 Å². The molecule has 1 rings (SSSR count). The standard InChI is InChI=1S/C13H21N3O3/c1-9(2)7-10(8-17)14-13(19)15-11-5-4-6-16(3)12(11)18/h4-6,9-10,17H,7-8H2,1-3H3,(H2,14,15,19). The third kappa shape index (κ3) is 4.75. The fourth-order valence-electron chi connectivity index (χ4n) is 1.78. The lowest BCUT2D eigenvalue weighted by molar-refractivity contribution is 0.214. The lowest BCUT2D eigenvalue weighted by Crippen LogP contribution is -2.41. The van der Waals surface area contributed by atoms with Crippen LogP contribution in [0.5, 0.6) is 0 Å². The molecular weight excluding hydrogens is 246 g/mol. The summed E-state index contributed by atoms with van der Waals surface area (Å²) >= 11 is 0. The van der Waals surface area contributed by atoms with E-state index in [1.807, 2.05) is 13.8 Å². The highest BCUT2D eigenvalue weighted by molar-refractivity contribution is 5.89. The summed E-state index contributed by atoms with van der Waals surface area (Å²) in [6.45, 7) is 3.89. The maximum Gasteiger partial charge on any atom is 0.319 e. The summed E-state index contributed by atoms with van der Waals surface area (Å²) in [6.07, 6.45) is 2.29. The van der Waals surface area contributed by atoms with Crippen molar-refractivity contribution in [3.8, 4) is 0 Å². The maximum atomic E-state index is 11.7. The number of amides is 2. The second kappa shape index (κ2) is 6.94. The van der Waals surface area contributed by atoms with Gasteiger partial charge in [0, 0.05) is 13.2 Å². The zero-order valence-corrected chi connectivity index (χ0v) is 11.5. The van der Waals surface area contributed by atoms with Crippen molar-refractivity contribution in [1.29, 1.82) is 0 Å². The number of urea groups is 1. The third-order valence-electron chi connectivity index (χ3n) is 2.68. The molecule has 0 saturated heterocycles. The number of carbonyl (C=O) groups excluding carboxylic acids is 1. The lowest BCUT2D eigenvalue weighted by atomic mass is 10.0. The number of nitrogens with one attached hydrogen (secondary N) is 2. The van der Waals surface area contributed by atoms with Crippen LogP contribution in [-0.2, 0) is 7.05 Å². The first kappa shape index (κ1) is 15.2. The monoisotopic (exact) mass is 267 g/mol. The van der Waals surface area contributed by atoms with Crippen LogP contribution in [0, 0.1) is 5.92 Å². The Kier molecular flexibility index (Phi) is 5.57. The molecule has 0 radical (unpaired) electrons. The Morgan fingerprint density at radius 2 is 2.16 bits per heavy atom. The van der Waals surface area contributed by atoms with Gasteiger partial charge in [-0.1, -0.05) is 13.8 Å². The molecule has 1 heterocycles. The summed E-state index contributed by atoms with van der Waals surface area (Å²) in [4.78, 5) is 23.5. The molecule has 0 aliphatic rings. The van der Waals surface area contributed by atoms with Crippen molar-refractivity contribution in [2.75, 3.05) is 11.9 Å². The number of hydrogen-bond acceptors (Lipinski definition) is 3. The van der Waals surface area contributed by atoms with Gasteiger partial charge >= 0.3 is 6.03 Å². The van der Waals surface area contributed by atoms with Crippen molar-refractivity contribution in [2.24, 2.45) is 13.0 Å². The highest BCUT2D eigenvalue weighted by Crippen LogP contribution is 2.04. The number of aliphatic hydroxyl groups is 1. The third-order valence-corrected chi connectivity index (χ3v) is 2.68. The van der Waals surface area contributed by atoms with Crippen LogP contribution in [0.3, 0.4) is 0 Å². The summed E-state index contributed by atoms with van der Waals surface area (Å²) in [5.74, 6) is 0.363. The predicted molar refractivity (Wildman–Crippen MR) is 74.2 cm³/mol. The first-order chi connectivity index (χ1) is 8.93. The van der Waals surface area contributed by atoms with Crippen LogP contribution in [0.4, 0.5) is 10.5 Å². The first-order valence-electron chi connectivity index (χ1n) is 6.28. The van der Waals surface area contributed by atoms with Crippen molar-refractivity contribution in [1.82, 2.24) is 9.88 Å². The van der Waals surface area contributed by atoms with Crippen LogP contribution >= 0.6 is 0 Å². The Balaban J connectivity index is 2.64. The molecule has 19 heavy (non-hydrogen) atoms. The lowest BCUT2D eigenvalue weighted by Gasteiger charge is -2.18. The molecule has 6 heteroatoms. The van der Waals surface area contributed by atoms with Crippen molar-refractivity contribution < 1.29 is 9.90 Å². The van der Waals surface area contributed by atoms with E-state index in [1.54, 1.807) is 19.3 Å². The largest absolute Gasteiger partial charge is 0.394 e. The Labute approximate surface area is 112 Å². The van der Waals surface area contributed by atoms with Crippen LogP contribution in [-0.4, -0.2) is 28.4 Å². The normalized spacial score (nSPS) is 12.3. The van der Waals surface area contributed by atoms with Crippen molar-refractivity contribution >= 4 is 11.7 Å². The molecule has 106 valence electrons. The number of hydrogen-bond donors (Lipinski definition) is 3. The molecule has 1 aromatic heterocycles. The van der Waals surface area contributed by atoms with Gasteiger partial charge in [0.2, 0.25) is 0 Å². The molecule has 1 aromatic rings. The van der Waals surface area contributed by atoms with E-state index in [0.717, 1.165) is 0 Å². The number of pyridine rings is 1. The number of carbonyl (C=O) groups is 1. The minimum atomic E-state index is -0.483. The topological polar surface area (TPSA) is 83.4 Å². The van der Waals surface area contributed by atoms with E-state index in [1.165, 1.54) is 10.6 Å².